The van der Waals surface area contributed by atoms with E-state index in [9.17, 15) is 0 Å². The number of nitrogens with zero attached hydrogens (tertiary/aromatic N) is 1. The predicted molar refractivity (Wildman–Crippen MR) is 55.9 cm³/mol. The summed E-state index contributed by atoms with van der Waals surface area (Å²) < 4.78 is 0. The second kappa shape index (κ2) is 3.93. The van der Waals surface area contributed by atoms with Gasteiger partial charge in [0.05, 0.1) is 16.1 Å². The van der Waals surface area contributed by atoms with E-state index in [1.54, 1.807) is 11.3 Å². The first-order valence-corrected chi connectivity index (χ1v) is 5.64. The fourth-order valence-electron chi connectivity index (χ4n) is 1.89. The molecular weight excluding hydrogens is 178 g/mol. The van der Waals surface area contributed by atoms with Gasteiger partial charge in [0.25, 0.3) is 0 Å². The van der Waals surface area contributed by atoms with E-state index < -0.39 is 0 Å². The summed E-state index contributed by atoms with van der Waals surface area (Å²) in [7, 11) is 0. The van der Waals surface area contributed by atoms with Crippen LogP contribution in [0, 0.1) is 12.3 Å². The minimum absolute atomic E-state index is 0.695. The maximum atomic E-state index is 5.31. The van der Waals surface area contributed by atoms with Gasteiger partial charge in [-0.05, 0) is 12.8 Å². The monoisotopic (exact) mass is 191 g/mol. The Balaban J connectivity index is 2.11. The van der Waals surface area contributed by atoms with Gasteiger partial charge in [-0.1, -0.05) is 25.2 Å². The topological polar surface area (TPSA) is 12.9 Å². The van der Waals surface area contributed by atoms with E-state index >= 15 is 0 Å². The molecule has 2 heteroatoms. The van der Waals surface area contributed by atoms with Crippen molar-refractivity contribution in [1.29, 1.82) is 0 Å². The van der Waals surface area contributed by atoms with Crippen LogP contribution in [0.3, 0.4) is 0 Å². The largest absolute Gasteiger partial charge is 0.248 e. The van der Waals surface area contributed by atoms with Crippen molar-refractivity contribution in [3.05, 3.63) is 16.1 Å². The third kappa shape index (κ3) is 1.92. The normalized spacial score (nSPS) is 18.4. The molecule has 1 aromatic heterocycles. The molecule has 2 rings (SSSR count). The van der Waals surface area contributed by atoms with E-state index in [1.807, 2.05) is 6.20 Å². The third-order valence-corrected chi connectivity index (χ3v) is 3.71. The van der Waals surface area contributed by atoms with Crippen LogP contribution in [-0.2, 0) is 0 Å². The van der Waals surface area contributed by atoms with Crippen molar-refractivity contribution in [2.75, 3.05) is 0 Å². The Bertz CT molecular complexity index is 315. The first-order valence-electron chi connectivity index (χ1n) is 4.82. The summed E-state index contributed by atoms with van der Waals surface area (Å²) in [5, 5.41) is 1.26. The minimum Gasteiger partial charge on any atom is -0.248 e. The molecule has 0 radical (unpaired) electrons. The van der Waals surface area contributed by atoms with Crippen LogP contribution in [0.2, 0.25) is 0 Å². The summed E-state index contributed by atoms with van der Waals surface area (Å²) in [5.74, 6) is 3.34. The van der Waals surface area contributed by atoms with Crippen molar-refractivity contribution < 1.29 is 0 Å². The van der Waals surface area contributed by atoms with Crippen molar-refractivity contribution in [3.8, 4) is 12.3 Å². The summed E-state index contributed by atoms with van der Waals surface area (Å²) >= 11 is 1.69. The number of terminal acetylenes is 1. The average molecular weight is 191 g/mol. The van der Waals surface area contributed by atoms with Crippen molar-refractivity contribution in [1.82, 2.24) is 4.98 Å². The van der Waals surface area contributed by atoms with Gasteiger partial charge in [-0.2, -0.15) is 0 Å². The minimum atomic E-state index is 0.695. The summed E-state index contributed by atoms with van der Waals surface area (Å²) in [6.07, 6.45) is 13.9. The zero-order valence-corrected chi connectivity index (χ0v) is 8.44. The lowest BCUT2D eigenvalue weighted by Gasteiger charge is -2.18. The van der Waals surface area contributed by atoms with Crippen molar-refractivity contribution in [2.24, 2.45) is 0 Å². The van der Waals surface area contributed by atoms with Gasteiger partial charge in [0, 0.05) is 5.92 Å². The summed E-state index contributed by atoms with van der Waals surface area (Å²) in [6, 6.07) is 0. The van der Waals surface area contributed by atoms with Crippen LogP contribution in [0.4, 0.5) is 0 Å². The Hall–Kier alpha value is -0.810. The van der Waals surface area contributed by atoms with Gasteiger partial charge in [0.15, 0.2) is 0 Å². The molecule has 0 unspecified atom stereocenters. The van der Waals surface area contributed by atoms with Crippen LogP contribution in [0.5, 0.6) is 0 Å². The molecule has 0 bridgehead atoms. The fourth-order valence-corrected chi connectivity index (χ4v) is 2.79. The van der Waals surface area contributed by atoms with E-state index in [2.05, 4.69) is 10.9 Å². The van der Waals surface area contributed by atoms with E-state index in [1.165, 1.54) is 37.1 Å². The van der Waals surface area contributed by atoms with Gasteiger partial charge >= 0.3 is 0 Å². The van der Waals surface area contributed by atoms with Crippen LogP contribution in [0.1, 0.15) is 47.9 Å². The molecule has 1 aliphatic carbocycles. The molecule has 13 heavy (non-hydrogen) atoms. The van der Waals surface area contributed by atoms with Gasteiger partial charge in [-0.25, -0.2) is 4.98 Å². The predicted octanol–water partition coefficient (Wildman–Crippen LogP) is 3.17. The number of aromatic nitrogens is 1. The molecule has 1 heterocycles. The van der Waals surface area contributed by atoms with Crippen LogP contribution in [0.25, 0.3) is 0 Å². The van der Waals surface area contributed by atoms with E-state index in [0.29, 0.717) is 5.92 Å². The van der Waals surface area contributed by atoms with Gasteiger partial charge in [-0.15, -0.1) is 17.8 Å². The lowest BCUT2D eigenvalue weighted by Crippen LogP contribution is -2.03. The molecule has 1 nitrogen and oxygen atoms in total. The van der Waals surface area contributed by atoms with Gasteiger partial charge < -0.3 is 0 Å². The van der Waals surface area contributed by atoms with Crippen molar-refractivity contribution >= 4 is 11.3 Å². The molecule has 0 aromatic carbocycles. The molecule has 1 fully saturated rings. The molecule has 1 saturated carbocycles. The molecule has 0 atom stereocenters. The summed E-state index contributed by atoms with van der Waals surface area (Å²) in [6.45, 7) is 0. The van der Waals surface area contributed by atoms with E-state index in [0.717, 1.165) is 4.88 Å². The summed E-state index contributed by atoms with van der Waals surface area (Å²) in [5.41, 5.74) is 0. The molecule has 0 amide bonds. The second-order valence-electron chi connectivity index (χ2n) is 3.54. The lowest BCUT2D eigenvalue weighted by atomic mass is 9.90. The van der Waals surface area contributed by atoms with Crippen molar-refractivity contribution in [2.45, 2.75) is 38.0 Å². The number of thiazole rings is 1. The highest BCUT2D eigenvalue weighted by Gasteiger charge is 2.18. The van der Waals surface area contributed by atoms with Crippen LogP contribution < -0.4 is 0 Å². The fraction of sp³-hybridized carbons (Fsp3) is 0.545. The molecule has 0 saturated heterocycles. The lowest BCUT2D eigenvalue weighted by molar-refractivity contribution is 0.442. The zero-order valence-electron chi connectivity index (χ0n) is 7.62. The van der Waals surface area contributed by atoms with Crippen molar-refractivity contribution in [3.63, 3.8) is 0 Å². The van der Waals surface area contributed by atoms with Crippen LogP contribution in [-0.4, -0.2) is 4.98 Å². The number of hydrogen-bond acceptors (Lipinski definition) is 2. The Morgan fingerprint density at radius 1 is 1.38 bits per heavy atom. The molecule has 0 N–H and O–H groups in total. The Morgan fingerprint density at radius 2 is 2.15 bits per heavy atom. The van der Waals surface area contributed by atoms with Crippen LogP contribution >= 0.6 is 11.3 Å². The summed E-state index contributed by atoms with van der Waals surface area (Å²) in [4.78, 5) is 5.36. The van der Waals surface area contributed by atoms with Gasteiger partial charge in [0.1, 0.15) is 0 Å². The highest BCUT2D eigenvalue weighted by Crippen LogP contribution is 2.34. The van der Waals surface area contributed by atoms with Crippen LogP contribution in [0.15, 0.2) is 6.20 Å². The molecule has 1 aromatic rings. The first kappa shape index (κ1) is 8.77. The highest BCUT2D eigenvalue weighted by atomic mass is 32.1. The Kier molecular flexibility index (Phi) is 2.65. The number of hydrogen-bond donors (Lipinski definition) is 0. The first-order chi connectivity index (χ1) is 6.40. The SMILES string of the molecule is C#Cc1cnc(C2CCCCC2)s1. The molecule has 0 spiro atoms. The molecule has 1 aliphatic rings. The van der Waals surface area contributed by atoms with Gasteiger partial charge in [0.2, 0.25) is 0 Å². The molecular formula is C11H13NS. The quantitative estimate of drug-likeness (QED) is 0.621. The third-order valence-electron chi connectivity index (χ3n) is 2.62. The Morgan fingerprint density at radius 3 is 2.77 bits per heavy atom. The maximum absolute atomic E-state index is 5.31. The maximum Gasteiger partial charge on any atom is 0.0968 e. The zero-order chi connectivity index (χ0) is 9.10. The highest BCUT2D eigenvalue weighted by molar-refractivity contribution is 7.12. The second-order valence-corrected chi connectivity index (χ2v) is 4.60. The molecule has 0 aliphatic heterocycles. The average Bonchev–Trinajstić information content (AvgIpc) is 2.67. The van der Waals surface area contributed by atoms with E-state index in [4.69, 9.17) is 6.42 Å². The van der Waals surface area contributed by atoms with Gasteiger partial charge in [-0.3, -0.25) is 0 Å². The number of rotatable bonds is 1. The van der Waals surface area contributed by atoms with E-state index in [-0.39, 0.29) is 0 Å². The standard InChI is InChI=1S/C11H13NS/c1-2-10-8-12-11(13-10)9-6-4-3-5-7-9/h1,8-9H,3-7H2. The Labute approximate surface area is 83.2 Å². The molecule has 68 valence electrons. The smallest absolute Gasteiger partial charge is 0.0968 e.